The number of aliphatic hydroxyl groups excluding tert-OH is 2. The summed E-state index contributed by atoms with van der Waals surface area (Å²) in [5, 5.41) is 17.2. The van der Waals surface area contributed by atoms with Crippen LogP contribution in [0.1, 0.15) is 52.0 Å². The zero-order valence-corrected chi connectivity index (χ0v) is 13.9. The van der Waals surface area contributed by atoms with E-state index >= 15 is 0 Å². The molecule has 0 heterocycles. The van der Waals surface area contributed by atoms with Crippen molar-refractivity contribution in [2.45, 2.75) is 52.9 Å². The Morgan fingerprint density at radius 3 is 2.24 bits per heavy atom. The van der Waals surface area contributed by atoms with E-state index in [1.807, 2.05) is 18.2 Å². The Morgan fingerprint density at radius 1 is 1.05 bits per heavy atom. The van der Waals surface area contributed by atoms with Crippen LogP contribution in [0.5, 0.6) is 0 Å². The van der Waals surface area contributed by atoms with E-state index in [9.17, 15) is 0 Å². The van der Waals surface area contributed by atoms with Crippen LogP contribution < -0.4 is 0 Å². The first-order valence-electron chi connectivity index (χ1n) is 7.99. The molecule has 1 aromatic carbocycles. The molecule has 0 bridgehead atoms. The van der Waals surface area contributed by atoms with Gasteiger partial charge in [-0.15, -0.1) is 0 Å². The predicted octanol–water partition coefficient (Wildman–Crippen LogP) is 4.36. The van der Waals surface area contributed by atoms with Crippen molar-refractivity contribution in [3.63, 3.8) is 0 Å². The second-order valence-corrected chi connectivity index (χ2v) is 5.79. The van der Waals surface area contributed by atoms with Crippen molar-refractivity contribution in [3.05, 3.63) is 47.5 Å². The SMILES string of the molecule is CC(C)=CCCC(C)CCO.OCCCc1ccccc1. The summed E-state index contributed by atoms with van der Waals surface area (Å²) in [5.74, 6) is 0.663. The normalized spacial score (nSPS) is 11.3. The first-order chi connectivity index (χ1) is 10.1. The van der Waals surface area contributed by atoms with E-state index in [2.05, 4.69) is 39.0 Å². The Bertz CT molecular complexity index is 353. The third kappa shape index (κ3) is 13.6. The van der Waals surface area contributed by atoms with Crippen LogP contribution >= 0.6 is 0 Å². The zero-order valence-electron chi connectivity index (χ0n) is 13.9. The molecule has 0 aliphatic heterocycles. The Hall–Kier alpha value is -1.12. The second-order valence-electron chi connectivity index (χ2n) is 5.79. The Morgan fingerprint density at radius 2 is 1.71 bits per heavy atom. The molecule has 0 aromatic heterocycles. The summed E-state index contributed by atoms with van der Waals surface area (Å²) in [6, 6.07) is 10.2. The van der Waals surface area contributed by atoms with E-state index in [4.69, 9.17) is 10.2 Å². The van der Waals surface area contributed by atoms with Crippen LogP contribution in [-0.2, 0) is 6.42 Å². The van der Waals surface area contributed by atoms with Gasteiger partial charge in [-0.25, -0.2) is 0 Å². The van der Waals surface area contributed by atoms with Gasteiger partial charge in [0, 0.05) is 13.2 Å². The Kier molecular flexibility index (Phi) is 13.1. The molecule has 0 fully saturated rings. The summed E-state index contributed by atoms with van der Waals surface area (Å²) < 4.78 is 0. The second kappa shape index (κ2) is 13.8. The maximum Gasteiger partial charge on any atom is 0.0434 e. The van der Waals surface area contributed by atoms with Gasteiger partial charge in [-0.3, -0.25) is 0 Å². The van der Waals surface area contributed by atoms with Crippen molar-refractivity contribution in [1.29, 1.82) is 0 Å². The molecule has 0 spiro atoms. The molecule has 1 atom stereocenters. The van der Waals surface area contributed by atoms with Crippen LogP contribution in [-0.4, -0.2) is 23.4 Å². The molecule has 0 aliphatic rings. The molecule has 21 heavy (non-hydrogen) atoms. The molecule has 1 rings (SSSR count). The molecular weight excluding hydrogens is 260 g/mol. The minimum absolute atomic E-state index is 0.287. The Balaban J connectivity index is 0.000000382. The molecule has 2 N–H and O–H groups in total. The summed E-state index contributed by atoms with van der Waals surface area (Å²) in [4.78, 5) is 0. The highest BCUT2D eigenvalue weighted by Gasteiger charge is 1.98. The number of benzene rings is 1. The molecule has 120 valence electrons. The van der Waals surface area contributed by atoms with Gasteiger partial charge in [-0.1, -0.05) is 48.9 Å². The van der Waals surface area contributed by atoms with E-state index in [0.717, 1.165) is 25.7 Å². The molecule has 2 heteroatoms. The largest absolute Gasteiger partial charge is 0.396 e. The quantitative estimate of drug-likeness (QED) is 0.699. The number of rotatable bonds is 8. The van der Waals surface area contributed by atoms with Gasteiger partial charge in [0.1, 0.15) is 0 Å². The topological polar surface area (TPSA) is 40.5 Å². The smallest absolute Gasteiger partial charge is 0.0434 e. The van der Waals surface area contributed by atoms with Crippen LogP contribution in [0.25, 0.3) is 0 Å². The van der Waals surface area contributed by atoms with Crippen LogP contribution in [0, 0.1) is 5.92 Å². The van der Waals surface area contributed by atoms with Gasteiger partial charge in [0.2, 0.25) is 0 Å². The minimum atomic E-state index is 0.287. The molecule has 0 saturated carbocycles. The van der Waals surface area contributed by atoms with E-state index in [-0.39, 0.29) is 6.61 Å². The first-order valence-corrected chi connectivity index (χ1v) is 7.99. The fraction of sp³-hybridized carbons (Fsp3) is 0.579. The molecule has 2 nitrogen and oxygen atoms in total. The Labute approximate surface area is 130 Å². The number of hydrogen-bond donors (Lipinski definition) is 2. The van der Waals surface area contributed by atoms with E-state index in [1.165, 1.54) is 17.6 Å². The van der Waals surface area contributed by atoms with Crippen LogP contribution in [0.15, 0.2) is 42.0 Å². The average Bonchev–Trinajstić information content (AvgIpc) is 2.47. The summed E-state index contributed by atoms with van der Waals surface area (Å²) >= 11 is 0. The van der Waals surface area contributed by atoms with Crippen molar-refractivity contribution >= 4 is 0 Å². The maximum atomic E-state index is 8.63. The van der Waals surface area contributed by atoms with Gasteiger partial charge < -0.3 is 10.2 Å². The average molecular weight is 292 g/mol. The van der Waals surface area contributed by atoms with Crippen molar-refractivity contribution in [2.24, 2.45) is 5.92 Å². The fourth-order valence-electron chi connectivity index (χ4n) is 1.95. The van der Waals surface area contributed by atoms with Gasteiger partial charge in [0.05, 0.1) is 0 Å². The molecule has 0 radical (unpaired) electrons. The van der Waals surface area contributed by atoms with Crippen molar-refractivity contribution < 1.29 is 10.2 Å². The highest BCUT2D eigenvalue weighted by Crippen LogP contribution is 2.10. The van der Waals surface area contributed by atoms with Crippen LogP contribution in [0.2, 0.25) is 0 Å². The lowest BCUT2D eigenvalue weighted by Gasteiger charge is -2.06. The number of aryl methyl sites for hydroxylation is 1. The monoisotopic (exact) mass is 292 g/mol. The van der Waals surface area contributed by atoms with Gasteiger partial charge >= 0.3 is 0 Å². The highest BCUT2D eigenvalue weighted by molar-refractivity contribution is 5.14. The predicted molar refractivity (Wildman–Crippen MR) is 91.4 cm³/mol. The van der Waals surface area contributed by atoms with Crippen molar-refractivity contribution in [1.82, 2.24) is 0 Å². The lowest BCUT2D eigenvalue weighted by atomic mass is 10.0. The van der Waals surface area contributed by atoms with Crippen molar-refractivity contribution in [2.75, 3.05) is 13.2 Å². The van der Waals surface area contributed by atoms with Gasteiger partial charge in [0.25, 0.3) is 0 Å². The standard InChI is InChI=1S/C10H20O.C9H12O/c1-9(2)5-4-6-10(3)7-8-11;10-8-4-7-9-5-2-1-3-6-9/h5,10-11H,4,6-8H2,1-3H3;1-3,5-6,10H,4,7-8H2. The molecule has 1 aromatic rings. The lowest BCUT2D eigenvalue weighted by molar-refractivity contribution is 0.259. The summed E-state index contributed by atoms with van der Waals surface area (Å²) in [5.41, 5.74) is 2.69. The van der Waals surface area contributed by atoms with E-state index in [1.54, 1.807) is 0 Å². The summed E-state index contributed by atoms with van der Waals surface area (Å²) in [7, 11) is 0. The summed E-state index contributed by atoms with van der Waals surface area (Å²) in [6.07, 6.45) is 7.40. The van der Waals surface area contributed by atoms with Crippen molar-refractivity contribution in [3.8, 4) is 0 Å². The molecule has 0 amide bonds. The number of hydrogen-bond acceptors (Lipinski definition) is 2. The molecule has 0 saturated heterocycles. The minimum Gasteiger partial charge on any atom is -0.396 e. The summed E-state index contributed by atoms with van der Waals surface area (Å²) in [6.45, 7) is 7.05. The van der Waals surface area contributed by atoms with E-state index in [0.29, 0.717) is 12.5 Å². The lowest BCUT2D eigenvalue weighted by Crippen LogP contribution is -1.96. The van der Waals surface area contributed by atoms with Gasteiger partial charge in [-0.2, -0.15) is 0 Å². The maximum absolute atomic E-state index is 8.63. The molecular formula is C19H32O2. The molecule has 1 unspecified atom stereocenters. The molecule has 0 aliphatic carbocycles. The first kappa shape index (κ1) is 19.9. The van der Waals surface area contributed by atoms with Gasteiger partial charge in [0.15, 0.2) is 0 Å². The van der Waals surface area contributed by atoms with Crippen LogP contribution in [0.4, 0.5) is 0 Å². The zero-order chi connectivity index (χ0) is 15.9. The number of aliphatic hydroxyl groups is 2. The highest BCUT2D eigenvalue weighted by atomic mass is 16.3. The van der Waals surface area contributed by atoms with Crippen LogP contribution in [0.3, 0.4) is 0 Å². The van der Waals surface area contributed by atoms with E-state index < -0.39 is 0 Å². The van der Waals surface area contributed by atoms with Gasteiger partial charge in [-0.05, 0) is 57.4 Å². The number of allylic oxidation sites excluding steroid dienone is 2. The third-order valence-corrected chi connectivity index (χ3v) is 3.30. The fourth-order valence-corrected chi connectivity index (χ4v) is 1.95. The third-order valence-electron chi connectivity index (χ3n) is 3.30.